The van der Waals surface area contributed by atoms with Gasteiger partial charge in [0.15, 0.2) is 0 Å². The topological polar surface area (TPSA) is 84.2 Å². The molecule has 0 spiro atoms. The molecule has 0 radical (unpaired) electrons. The Labute approximate surface area is 113 Å². The van der Waals surface area contributed by atoms with Gasteiger partial charge in [0.25, 0.3) is 0 Å². The van der Waals surface area contributed by atoms with Crippen molar-refractivity contribution in [1.29, 1.82) is 0 Å². The van der Waals surface area contributed by atoms with Gasteiger partial charge < -0.3 is 16.4 Å². The minimum Gasteiger partial charge on any atom is -0.326 e. The summed E-state index contributed by atoms with van der Waals surface area (Å²) in [5.41, 5.74) is 6.54. The summed E-state index contributed by atoms with van der Waals surface area (Å²) in [7, 11) is 0. The Morgan fingerprint density at radius 3 is 1.94 bits per heavy atom. The van der Waals surface area contributed by atoms with Crippen molar-refractivity contribution in [2.75, 3.05) is 17.2 Å². The molecule has 0 fully saturated rings. The molecule has 0 aliphatic carbocycles. The van der Waals surface area contributed by atoms with E-state index in [9.17, 15) is 9.59 Å². The van der Waals surface area contributed by atoms with E-state index in [1.807, 2.05) is 13.8 Å². The molecule has 0 saturated carbocycles. The quantitative estimate of drug-likeness (QED) is 0.778. The van der Waals surface area contributed by atoms with Gasteiger partial charge in [-0.15, -0.1) is 12.4 Å². The standard InChI is InChI=1S/C12H17N3O2.ClH/c1-8(2)12(17)15-10-5-3-9(4-6-10)14-11(16)7-13;/h3-6,8H,7,13H2,1-2H3,(H,14,16)(H,15,17);1H. The number of benzene rings is 1. The number of amides is 2. The van der Waals surface area contributed by atoms with Crippen LogP contribution >= 0.6 is 12.4 Å². The first-order valence-corrected chi connectivity index (χ1v) is 5.43. The van der Waals surface area contributed by atoms with Crippen molar-refractivity contribution >= 4 is 35.6 Å². The second-order valence-corrected chi connectivity index (χ2v) is 3.97. The Kier molecular flexibility index (Phi) is 7.00. The van der Waals surface area contributed by atoms with Gasteiger partial charge in [-0.05, 0) is 24.3 Å². The number of hydrogen-bond acceptors (Lipinski definition) is 3. The van der Waals surface area contributed by atoms with Crippen LogP contribution in [0.5, 0.6) is 0 Å². The van der Waals surface area contributed by atoms with Gasteiger partial charge in [0.05, 0.1) is 6.54 Å². The predicted molar refractivity (Wildman–Crippen MR) is 74.8 cm³/mol. The van der Waals surface area contributed by atoms with Crippen molar-refractivity contribution in [3.63, 3.8) is 0 Å². The molecule has 0 unspecified atom stereocenters. The van der Waals surface area contributed by atoms with Crippen LogP contribution in [-0.2, 0) is 9.59 Å². The van der Waals surface area contributed by atoms with Crippen molar-refractivity contribution in [3.8, 4) is 0 Å². The second-order valence-electron chi connectivity index (χ2n) is 3.97. The number of carbonyl (C=O) groups excluding carboxylic acids is 2. The lowest BCUT2D eigenvalue weighted by atomic mass is 10.2. The summed E-state index contributed by atoms with van der Waals surface area (Å²) in [6, 6.07) is 6.88. The van der Waals surface area contributed by atoms with Gasteiger partial charge in [-0.1, -0.05) is 13.8 Å². The maximum absolute atomic E-state index is 11.4. The van der Waals surface area contributed by atoms with Crippen LogP contribution in [0, 0.1) is 5.92 Å². The number of hydrogen-bond donors (Lipinski definition) is 3. The minimum atomic E-state index is -0.246. The normalized spacial score (nSPS) is 9.56. The molecule has 4 N–H and O–H groups in total. The first kappa shape index (κ1) is 16.4. The Balaban J connectivity index is 0.00000289. The molecule has 100 valence electrons. The fourth-order valence-electron chi connectivity index (χ4n) is 1.14. The summed E-state index contributed by atoms with van der Waals surface area (Å²) in [6.07, 6.45) is 0. The van der Waals surface area contributed by atoms with E-state index in [0.717, 1.165) is 0 Å². The molecule has 18 heavy (non-hydrogen) atoms. The molecular formula is C12H18ClN3O2. The highest BCUT2D eigenvalue weighted by Gasteiger charge is 2.06. The summed E-state index contributed by atoms with van der Waals surface area (Å²) in [4.78, 5) is 22.5. The molecule has 1 aromatic carbocycles. The van der Waals surface area contributed by atoms with E-state index >= 15 is 0 Å². The smallest absolute Gasteiger partial charge is 0.238 e. The van der Waals surface area contributed by atoms with Crippen molar-refractivity contribution in [2.45, 2.75) is 13.8 Å². The molecule has 0 heterocycles. The van der Waals surface area contributed by atoms with E-state index in [1.165, 1.54) is 0 Å². The van der Waals surface area contributed by atoms with Gasteiger partial charge in [0.2, 0.25) is 11.8 Å². The molecule has 5 nitrogen and oxygen atoms in total. The van der Waals surface area contributed by atoms with Crippen LogP contribution in [0.1, 0.15) is 13.8 Å². The number of rotatable bonds is 4. The van der Waals surface area contributed by atoms with Crippen LogP contribution in [0.4, 0.5) is 11.4 Å². The van der Waals surface area contributed by atoms with Crippen molar-refractivity contribution in [1.82, 2.24) is 0 Å². The number of anilines is 2. The third-order valence-corrected chi connectivity index (χ3v) is 2.15. The van der Waals surface area contributed by atoms with E-state index < -0.39 is 0 Å². The Bertz CT molecular complexity index is 404. The second kappa shape index (κ2) is 7.68. The van der Waals surface area contributed by atoms with Crippen LogP contribution in [0.25, 0.3) is 0 Å². The molecule has 1 aromatic rings. The molecule has 0 bridgehead atoms. The summed E-state index contributed by atoms with van der Waals surface area (Å²) >= 11 is 0. The van der Waals surface area contributed by atoms with Crippen LogP contribution in [0.3, 0.4) is 0 Å². The van der Waals surface area contributed by atoms with E-state index in [2.05, 4.69) is 10.6 Å². The van der Waals surface area contributed by atoms with Crippen LogP contribution in [0.2, 0.25) is 0 Å². The Hall–Kier alpha value is -1.59. The highest BCUT2D eigenvalue weighted by molar-refractivity contribution is 5.94. The molecule has 2 amide bonds. The van der Waals surface area contributed by atoms with Crippen LogP contribution < -0.4 is 16.4 Å². The maximum atomic E-state index is 11.4. The molecular weight excluding hydrogens is 254 g/mol. The van der Waals surface area contributed by atoms with Gasteiger partial charge in [0, 0.05) is 17.3 Å². The van der Waals surface area contributed by atoms with Gasteiger partial charge in [-0.25, -0.2) is 0 Å². The largest absolute Gasteiger partial charge is 0.326 e. The van der Waals surface area contributed by atoms with E-state index in [1.54, 1.807) is 24.3 Å². The van der Waals surface area contributed by atoms with E-state index in [0.29, 0.717) is 11.4 Å². The van der Waals surface area contributed by atoms with Gasteiger partial charge in [0.1, 0.15) is 0 Å². The van der Waals surface area contributed by atoms with Crippen LogP contribution in [-0.4, -0.2) is 18.4 Å². The average molecular weight is 272 g/mol. The number of halogens is 1. The summed E-state index contributed by atoms with van der Waals surface area (Å²) in [6.45, 7) is 3.60. The zero-order valence-electron chi connectivity index (χ0n) is 10.4. The van der Waals surface area contributed by atoms with Crippen molar-refractivity contribution in [2.24, 2.45) is 11.7 Å². The molecule has 0 aromatic heterocycles. The molecule has 0 saturated heterocycles. The molecule has 0 aliphatic rings. The summed E-state index contributed by atoms with van der Waals surface area (Å²) in [5, 5.41) is 5.38. The fourth-order valence-corrected chi connectivity index (χ4v) is 1.14. The Morgan fingerprint density at radius 1 is 1.11 bits per heavy atom. The third-order valence-electron chi connectivity index (χ3n) is 2.15. The van der Waals surface area contributed by atoms with E-state index in [-0.39, 0.29) is 36.7 Å². The number of nitrogens with two attached hydrogens (primary N) is 1. The first-order valence-electron chi connectivity index (χ1n) is 5.43. The molecule has 0 aliphatic heterocycles. The van der Waals surface area contributed by atoms with E-state index in [4.69, 9.17) is 5.73 Å². The predicted octanol–water partition coefficient (Wildman–Crippen LogP) is 1.60. The molecule has 1 rings (SSSR count). The maximum Gasteiger partial charge on any atom is 0.238 e. The summed E-state index contributed by atoms with van der Waals surface area (Å²) in [5.74, 6) is -0.348. The minimum absolute atomic E-state index is 0. The lowest BCUT2D eigenvalue weighted by Gasteiger charge is -2.08. The lowest BCUT2D eigenvalue weighted by Crippen LogP contribution is -2.21. The SMILES string of the molecule is CC(C)C(=O)Nc1ccc(NC(=O)CN)cc1.Cl. The van der Waals surface area contributed by atoms with Gasteiger partial charge >= 0.3 is 0 Å². The fraction of sp³-hybridized carbons (Fsp3) is 0.333. The highest BCUT2D eigenvalue weighted by atomic mass is 35.5. The highest BCUT2D eigenvalue weighted by Crippen LogP contribution is 2.14. The molecule has 6 heteroatoms. The summed E-state index contributed by atoms with van der Waals surface area (Å²) < 4.78 is 0. The van der Waals surface area contributed by atoms with Gasteiger partial charge in [-0.2, -0.15) is 0 Å². The van der Waals surface area contributed by atoms with Gasteiger partial charge in [-0.3, -0.25) is 9.59 Å². The van der Waals surface area contributed by atoms with Crippen LogP contribution in [0.15, 0.2) is 24.3 Å². The zero-order valence-corrected chi connectivity index (χ0v) is 11.2. The lowest BCUT2D eigenvalue weighted by molar-refractivity contribution is -0.119. The average Bonchev–Trinajstić information content (AvgIpc) is 2.31. The van der Waals surface area contributed by atoms with Crippen molar-refractivity contribution in [3.05, 3.63) is 24.3 Å². The monoisotopic (exact) mass is 271 g/mol. The third kappa shape index (κ3) is 5.16. The van der Waals surface area contributed by atoms with Crippen molar-refractivity contribution < 1.29 is 9.59 Å². The molecule has 0 atom stereocenters. The number of carbonyl (C=O) groups is 2. The Morgan fingerprint density at radius 2 is 1.56 bits per heavy atom. The first-order chi connectivity index (χ1) is 8.02. The number of nitrogens with one attached hydrogen (secondary N) is 2. The zero-order chi connectivity index (χ0) is 12.8.